The molecule has 0 radical (unpaired) electrons. The maximum absolute atomic E-state index is 11.3. The molecule has 0 amide bonds. The van der Waals surface area contributed by atoms with Crippen molar-refractivity contribution in [1.29, 1.82) is 0 Å². The largest absolute Gasteiger partial charge is 0.323 e. The lowest BCUT2D eigenvalue weighted by atomic mass is 9.99. The number of hydrogen-bond acceptors (Lipinski definition) is 2. The lowest BCUT2D eigenvalue weighted by Crippen LogP contribution is -2.13. The van der Waals surface area contributed by atoms with Gasteiger partial charge in [0.05, 0.1) is 17.1 Å². The molecule has 0 spiro atoms. The van der Waals surface area contributed by atoms with E-state index in [1.54, 1.807) is 18.2 Å². The first-order chi connectivity index (χ1) is 9.95. The van der Waals surface area contributed by atoms with Gasteiger partial charge in [-0.1, -0.05) is 45.2 Å². The number of rotatable bonds is 2. The van der Waals surface area contributed by atoms with Crippen molar-refractivity contribution in [3.8, 4) is 0 Å². The van der Waals surface area contributed by atoms with Gasteiger partial charge in [-0.25, -0.2) is 4.79 Å². The van der Waals surface area contributed by atoms with Crippen LogP contribution in [-0.2, 0) is 0 Å². The Hall–Kier alpha value is -1.27. The van der Waals surface area contributed by atoms with E-state index >= 15 is 0 Å². The van der Waals surface area contributed by atoms with E-state index in [2.05, 4.69) is 25.9 Å². The average molecular weight is 387 g/mol. The molecule has 0 bridgehead atoms. The van der Waals surface area contributed by atoms with Crippen molar-refractivity contribution >= 4 is 50.2 Å². The van der Waals surface area contributed by atoms with Crippen LogP contribution in [0.2, 0.25) is 10.0 Å². The van der Waals surface area contributed by atoms with Crippen LogP contribution < -0.4 is 11.4 Å². The van der Waals surface area contributed by atoms with E-state index in [1.807, 2.05) is 12.1 Å². The Morgan fingerprint density at radius 1 is 1.05 bits per heavy atom. The van der Waals surface area contributed by atoms with Crippen molar-refractivity contribution in [2.24, 2.45) is 5.73 Å². The Labute approximate surface area is 138 Å². The molecule has 0 saturated heterocycles. The average Bonchev–Trinajstić information content (AvgIpc) is 2.76. The van der Waals surface area contributed by atoms with Crippen LogP contribution in [0.3, 0.4) is 0 Å². The number of aromatic amines is 2. The molecule has 7 heteroatoms. The van der Waals surface area contributed by atoms with E-state index in [-0.39, 0.29) is 5.69 Å². The number of halogens is 3. The SMILES string of the molecule is NC(c1ccc(Cl)cc1Cl)c1cc2[nH]c(=O)[nH]c2cc1Br. The van der Waals surface area contributed by atoms with Crippen molar-refractivity contribution in [3.05, 3.63) is 66.5 Å². The standard InChI is InChI=1S/C14H10BrCl2N3O/c15-9-5-12-11(19-14(21)20-12)4-8(9)13(18)7-2-1-6(16)3-10(7)17/h1-5,13H,18H2,(H2,19,20,21). The summed E-state index contributed by atoms with van der Waals surface area (Å²) in [7, 11) is 0. The second-order valence-electron chi connectivity index (χ2n) is 4.64. The summed E-state index contributed by atoms with van der Waals surface area (Å²) in [5.41, 5.74) is 9.04. The van der Waals surface area contributed by atoms with Crippen molar-refractivity contribution in [3.63, 3.8) is 0 Å². The van der Waals surface area contributed by atoms with Crippen molar-refractivity contribution in [1.82, 2.24) is 9.97 Å². The van der Waals surface area contributed by atoms with E-state index < -0.39 is 6.04 Å². The lowest BCUT2D eigenvalue weighted by molar-refractivity contribution is 0.868. The highest BCUT2D eigenvalue weighted by Gasteiger charge is 2.17. The van der Waals surface area contributed by atoms with E-state index in [0.717, 1.165) is 15.6 Å². The summed E-state index contributed by atoms with van der Waals surface area (Å²) in [6.45, 7) is 0. The van der Waals surface area contributed by atoms with Gasteiger partial charge in [0, 0.05) is 14.5 Å². The highest BCUT2D eigenvalue weighted by molar-refractivity contribution is 9.10. The van der Waals surface area contributed by atoms with Crippen LogP contribution in [0.1, 0.15) is 17.2 Å². The molecule has 0 aliphatic carbocycles. The molecule has 3 rings (SSSR count). The predicted octanol–water partition coefficient (Wildman–Crippen LogP) is 3.97. The van der Waals surface area contributed by atoms with Crippen LogP contribution in [0.25, 0.3) is 11.0 Å². The van der Waals surface area contributed by atoms with Crippen molar-refractivity contribution in [2.75, 3.05) is 0 Å². The van der Waals surface area contributed by atoms with Crippen molar-refractivity contribution < 1.29 is 0 Å². The first-order valence-corrected chi connectivity index (χ1v) is 7.62. The van der Waals surface area contributed by atoms with Crippen LogP contribution in [0.5, 0.6) is 0 Å². The van der Waals surface area contributed by atoms with Crippen LogP contribution >= 0.6 is 39.1 Å². The number of nitrogens with two attached hydrogens (primary N) is 1. The van der Waals surface area contributed by atoms with Gasteiger partial charge in [0.15, 0.2) is 0 Å². The molecule has 4 nitrogen and oxygen atoms in total. The molecule has 0 aliphatic rings. The molecule has 0 fully saturated rings. The highest BCUT2D eigenvalue weighted by atomic mass is 79.9. The third-order valence-electron chi connectivity index (χ3n) is 3.27. The molecule has 1 aromatic heterocycles. The number of nitrogens with one attached hydrogen (secondary N) is 2. The van der Waals surface area contributed by atoms with Crippen LogP contribution in [0, 0.1) is 0 Å². The zero-order valence-electron chi connectivity index (χ0n) is 10.6. The minimum absolute atomic E-state index is 0.257. The maximum Gasteiger partial charge on any atom is 0.323 e. The summed E-state index contributed by atoms with van der Waals surface area (Å²) >= 11 is 15.6. The highest BCUT2D eigenvalue weighted by Crippen LogP contribution is 2.33. The molecule has 4 N–H and O–H groups in total. The predicted molar refractivity (Wildman–Crippen MR) is 89.1 cm³/mol. The second-order valence-corrected chi connectivity index (χ2v) is 6.34. The first kappa shape index (κ1) is 14.7. The summed E-state index contributed by atoms with van der Waals surface area (Å²) in [4.78, 5) is 16.8. The topological polar surface area (TPSA) is 74.7 Å². The summed E-state index contributed by atoms with van der Waals surface area (Å²) in [5, 5.41) is 1.06. The fraction of sp³-hybridized carbons (Fsp3) is 0.0714. The van der Waals surface area contributed by atoms with Gasteiger partial charge in [-0.3, -0.25) is 0 Å². The zero-order chi connectivity index (χ0) is 15.1. The molecular weight excluding hydrogens is 377 g/mol. The normalized spacial score (nSPS) is 12.8. The van der Waals surface area contributed by atoms with Gasteiger partial charge in [0.2, 0.25) is 0 Å². The van der Waals surface area contributed by atoms with E-state index in [1.165, 1.54) is 0 Å². The van der Waals surface area contributed by atoms with Crippen LogP contribution in [-0.4, -0.2) is 9.97 Å². The first-order valence-electron chi connectivity index (χ1n) is 6.07. The Morgan fingerprint density at radius 3 is 2.38 bits per heavy atom. The molecule has 0 aliphatic heterocycles. The number of fused-ring (bicyclic) bond motifs is 1. The fourth-order valence-corrected chi connectivity index (χ4v) is 3.35. The van der Waals surface area contributed by atoms with E-state index in [4.69, 9.17) is 28.9 Å². The van der Waals surface area contributed by atoms with Gasteiger partial charge in [0.25, 0.3) is 0 Å². The number of aromatic nitrogens is 2. The third kappa shape index (κ3) is 2.74. The number of imidazole rings is 1. The van der Waals surface area contributed by atoms with Gasteiger partial charge in [-0.15, -0.1) is 0 Å². The Bertz CT molecular complexity index is 888. The molecule has 3 aromatic rings. The Kier molecular flexibility index (Phi) is 3.84. The van der Waals surface area contributed by atoms with Gasteiger partial charge < -0.3 is 15.7 Å². The fourth-order valence-electron chi connectivity index (χ4n) is 2.23. The molecule has 1 atom stereocenters. The minimum atomic E-state index is -0.438. The summed E-state index contributed by atoms with van der Waals surface area (Å²) in [5.74, 6) is 0. The monoisotopic (exact) mass is 385 g/mol. The number of H-pyrrole nitrogens is 2. The molecule has 108 valence electrons. The third-order valence-corrected chi connectivity index (χ3v) is 4.52. The van der Waals surface area contributed by atoms with Gasteiger partial charge in [0.1, 0.15) is 0 Å². The molecule has 0 saturated carbocycles. The maximum atomic E-state index is 11.3. The molecule has 1 heterocycles. The number of benzene rings is 2. The Balaban J connectivity index is 2.14. The van der Waals surface area contributed by atoms with Gasteiger partial charge in [-0.2, -0.15) is 0 Å². The number of hydrogen-bond donors (Lipinski definition) is 3. The quantitative estimate of drug-likeness (QED) is 0.623. The smallest absolute Gasteiger partial charge is 0.320 e. The lowest BCUT2D eigenvalue weighted by Gasteiger charge is -2.16. The van der Waals surface area contributed by atoms with E-state index in [9.17, 15) is 4.79 Å². The van der Waals surface area contributed by atoms with Crippen LogP contribution in [0.15, 0.2) is 39.6 Å². The summed E-state index contributed by atoms with van der Waals surface area (Å²) < 4.78 is 0.795. The van der Waals surface area contributed by atoms with Gasteiger partial charge >= 0.3 is 5.69 Å². The Morgan fingerprint density at radius 2 is 1.71 bits per heavy atom. The second kappa shape index (κ2) is 5.50. The van der Waals surface area contributed by atoms with E-state index in [0.29, 0.717) is 21.1 Å². The minimum Gasteiger partial charge on any atom is -0.320 e. The molecule has 1 unspecified atom stereocenters. The zero-order valence-corrected chi connectivity index (χ0v) is 13.7. The molecular formula is C14H10BrCl2N3O. The summed E-state index contributed by atoms with van der Waals surface area (Å²) in [6.07, 6.45) is 0. The van der Waals surface area contributed by atoms with Gasteiger partial charge in [-0.05, 0) is 35.4 Å². The summed E-state index contributed by atoms with van der Waals surface area (Å²) in [6, 6.07) is 8.40. The molecule has 21 heavy (non-hydrogen) atoms. The van der Waals surface area contributed by atoms with Crippen molar-refractivity contribution in [2.45, 2.75) is 6.04 Å². The van der Waals surface area contributed by atoms with Crippen LogP contribution in [0.4, 0.5) is 0 Å². The molecule has 2 aromatic carbocycles.